The van der Waals surface area contributed by atoms with Gasteiger partial charge in [-0.25, -0.2) is 4.79 Å². The standard InChI is InChI=1S/C11H9NO2/c12-8-9-14-11(13)7-6-10-4-2-1-3-5-10/h1-7H,9H2/b7-6-. The van der Waals surface area contributed by atoms with Gasteiger partial charge in [0.25, 0.3) is 0 Å². The second kappa shape index (κ2) is 5.55. The van der Waals surface area contributed by atoms with Crippen molar-refractivity contribution in [3.8, 4) is 6.07 Å². The van der Waals surface area contributed by atoms with Crippen LogP contribution < -0.4 is 0 Å². The Morgan fingerprint density at radius 1 is 1.43 bits per heavy atom. The van der Waals surface area contributed by atoms with Gasteiger partial charge in [-0.15, -0.1) is 0 Å². The van der Waals surface area contributed by atoms with Crippen molar-refractivity contribution in [2.75, 3.05) is 6.61 Å². The first-order valence-corrected chi connectivity index (χ1v) is 4.10. The van der Waals surface area contributed by atoms with E-state index in [1.165, 1.54) is 6.08 Å². The lowest BCUT2D eigenvalue weighted by Gasteiger charge is -1.93. The predicted molar refractivity (Wildman–Crippen MR) is 52.0 cm³/mol. The maximum Gasteiger partial charge on any atom is 0.331 e. The molecule has 0 fully saturated rings. The molecule has 0 unspecified atom stereocenters. The third-order valence-electron chi connectivity index (χ3n) is 1.49. The molecular formula is C11H9NO2. The Morgan fingerprint density at radius 2 is 2.14 bits per heavy atom. The van der Waals surface area contributed by atoms with E-state index >= 15 is 0 Å². The predicted octanol–water partition coefficient (Wildman–Crippen LogP) is 1.77. The van der Waals surface area contributed by atoms with Crippen LogP contribution in [0.25, 0.3) is 6.08 Å². The highest BCUT2D eigenvalue weighted by Gasteiger charge is 1.94. The first-order chi connectivity index (χ1) is 6.83. The summed E-state index contributed by atoms with van der Waals surface area (Å²) in [6.45, 7) is -0.210. The van der Waals surface area contributed by atoms with Gasteiger partial charge in [0.1, 0.15) is 6.07 Å². The number of rotatable bonds is 3. The van der Waals surface area contributed by atoms with Crippen LogP contribution in [0.5, 0.6) is 0 Å². The molecular weight excluding hydrogens is 178 g/mol. The third kappa shape index (κ3) is 3.55. The molecule has 3 heteroatoms. The molecule has 1 rings (SSSR count). The molecule has 0 saturated heterocycles. The van der Waals surface area contributed by atoms with Gasteiger partial charge in [0.15, 0.2) is 6.61 Å². The minimum atomic E-state index is -0.504. The van der Waals surface area contributed by atoms with Gasteiger partial charge in [-0.2, -0.15) is 5.26 Å². The molecule has 0 radical (unpaired) electrons. The second-order valence-corrected chi connectivity index (χ2v) is 2.51. The van der Waals surface area contributed by atoms with Gasteiger partial charge in [0, 0.05) is 6.08 Å². The van der Waals surface area contributed by atoms with Crippen molar-refractivity contribution in [2.45, 2.75) is 0 Å². The first-order valence-electron chi connectivity index (χ1n) is 4.10. The van der Waals surface area contributed by atoms with E-state index in [0.717, 1.165) is 5.56 Å². The van der Waals surface area contributed by atoms with Crippen molar-refractivity contribution in [3.05, 3.63) is 42.0 Å². The average Bonchev–Trinajstić information content (AvgIpc) is 2.25. The Hall–Kier alpha value is -2.08. The molecule has 3 nitrogen and oxygen atoms in total. The molecule has 14 heavy (non-hydrogen) atoms. The van der Waals surface area contributed by atoms with Crippen LogP contribution in [0.2, 0.25) is 0 Å². The Bertz CT molecular complexity index is 363. The fraction of sp³-hybridized carbons (Fsp3) is 0.0909. The van der Waals surface area contributed by atoms with E-state index < -0.39 is 5.97 Å². The maximum atomic E-state index is 10.9. The van der Waals surface area contributed by atoms with Crippen LogP contribution in [-0.2, 0) is 9.53 Å². The summed E-state index contributed by atoms with van der Waals surface area (Å²) in [6, 6.07) is 11.1. The molecule has 1 aromatic rings. The molecule has 0 N–H and O–H groups in total. The van der Waals surface area contributed by atoms with Crippen molar-refractivity contribution in [1.29, 1.82) is 5.26 Å². The molecule has 0 spiro atoms. The minimum Gasteiger partial charge on any atom is -0.447 e. The van der Waals surface area contributed by atoms with Gasteiger partial charge in [0.2, 0.25) is 0 Å². The van der Waals surface area contributed by atoms with Crippen molar-refractivity contribution in [2.24, 2.45) is 0 Å². The summed E-state index contributed by atoms with van der Waals surface area (Å²) < 4.78 is 4.53. The van der Waals surface area contributed by atoms with Gasteiger partial charge in [-0.3, -0.25) is 0 Å². The number of carbonyl (C=O) groups is 1. The van der Waals surface area contributed by atoms with Crippen molar-refractivity contribution in [3.63, 3.8) is 0 Å². The number of hydrogen-bond acceptors (Lipinski definition) is 3. The number of benzene rings is 1. The monoisotopic (exact) mass is 187 g/mol. The van der Waals surface area contributed by atoms with E-state index in [1.807, 2.05) is 30.3 Å². The van der Waals surface area contributed by atoms with Gasteiger partial charge < -0.3 is 4.74 Å². The van der Waals surface area contributed by atoms with E-state index in [4.69, 9.17) is 5.26 Å². The molecule has 0 bridgehead atoms. The van der Waals surface area contributed by atoms with Crippen LogP contribution in [0.15, 0.2) is 36.4 Å². The van der Waals surface area contributed by atoms with Crippen molar-refractivity contribution < 1.29 is 9.53 Å². The number of esters is 1. The van der Waals surface area contributed by atoms with Crippen LogP contribution >= 0.6 is 0 Å². The lowest BCUT2D eigenvalue weighted by molar-refractivity contribution is -0.136. The summed E-state index contributed by atoms with van der Waals surface area (Å²) in [4.78, 5) is 10.9. The van der Waals surface area contributed by atoms with Gasteiger partial charge in [0.05, 0.1) is 0 Å². The second-order valence-electron chi connectivity index (χ2n) is 2.51. The molecule has 0 heterocycles. The maximum absolute atomic E-state index is 10.9. The van der Waals surface area contributed by atoms with Gasteiger partial charge >= 0.3 is 5.97 Å². The van der Waals surface area contributed by atoms with E-state index in [9.17, 15) is 4.79 Å². The Labute approximate surface area is 82.2 Å². The molecule has 0 saturated carbocycles. The molecule has 0 aliphatic carbocycles. The highest BCUT2D eigenvalue weighted by molar-refractivity contribution is 5.87. The van der Waals surface area contributed by atoms with Crippen LogP contribution in [0.3, 0.4) is 0 Å². The molecule has 0 aromatic heterocycles. The molecule has 0 aliphatic heterocycles. The first kappa shape index (κ1) is 10.0. The van der Waals surface area contributed by atoms with Crippen LogP contribution in [0.1, 0.15) is 5.56 Å². The molecule has 0 atom stereocenters. The third-order valence-corrected chi connectivity index (χ3v) is 1.49. The lowest BCUT2D eigenvalue weighted by Crippen LogP contribution is -1.99. The van der Waals surface area contributed by atoms with Crippen LogP contribution in [0.4, 0.5) is 0 Å². The molecule has 0 amide bonds. The summed E-state index contributed by atoms with van der Waals surface area (Å²) in [6.07, 6.45) is 2.94. The quantitative estimate of drug-likeness (QED) is 0.535. The van der Waals surface area contributed by atoms with E-state index in [-0.39, 0.29) is 6.61 Å². The zero-order valence-corrected chi connectivity index (χ0v) is 7.51. The number of hydrogen-bond donors (Lipinski definition) is 0. The molecule has 0 aliphatic rings. The van der Waals surface area contributed by atoms with Crippen molar-refractivity contribution in [1.82, 2.24) is 0 Å². The Kier molecular flexibility index (Phi) is 3.96. The highest BCUT2D eigenvalue weighted by atomic mass is 16.5. The van der Waals surface area contributed by atoms with E-state index in [2.05, 4.69) is 4.74 Å². The smallest absolute Gasteiger partial charge is 0.331 e. The van der Waals surface area contributed by atoms with Crippen LogP contribution in [0, 0.1) is 11.3 Å². The molecule has 70 valence electrons. The SMILES string of the molecule is N#CCOC(=O)/C=C\c1ccccc1. The highest BCUT2D eigenvalue weighted by Crippen LogP contribution is 2.00. The Balaban J connectivity index is 2.49. The van der Waals surface area contributed by atoms with Crippen molar-refractivity contribution >= 4 is 12.0 Å². The summed E-state index contributed by atoms with van der Waals surface area (Å²) >= 11 is 0. The normalized spacial score (nSPS) is 9.64. The zero-order chi connectivity index (χ0) is 10.2. The number of carbonyl (C=O) groups excluding carboxylic acids is 1. The average molecular weight is 187 g/mol. The van der Waals surface area contributed by atoms with Gasteiger partial charge in [-0.05, 0) is 11.6 Å². The fourth-order valence-electron chi connectivity index (χ4n) is 0.880. The lowest BCUT2D eigenvalue weighted by atomic mass is 10.2. The summed E-state index contributed by atoms with van der Waals surface area (Å²) in [5.74, 6) is -0.504. The summed E-state index contributed by atoms with van der Waals surface area (Å²) in [7, 11) is 0. The van der Waals surface area contributed by atoms with Crippen LogP contribution in [-0.4, -0.2) is 12.6 Å². The minimum absolute atomic E-state index is 0.210. The van der Waals surface area contributed by atoms with Gasteiger partial charge in [-0.1, -0.05) is 30.3 Å². The largest absolute Gasteiger partial charge is 0.447 e. The van der Waals surface area contributed by atoms with E-state index in [0.29, 0.717) is 0 Å². The topological polar surface area (TPSA) is 50.1 Å². The summed E-state index contributed by atoms with van der Waals surface area (Å²) in [5.41, 5.74) is 0.918. The molecule has 1 aromatic carbocycles. The van der Waals surface area contributed by atoms with E-state index in [1.54, 1.807) is 12.1 Å². The number of nitrogens with zero attached hydrogens (tertiary/aromatic N) is 1. The number of ether oxygens (including phenoxy) is 1. The number of nitriles is 1. The summed E-state index contributed by atoms with van der Waals surface area (Å²) in [5, 5.41) is 8.15. The Morgan fingerprint density at radius 3 is 2.79 bits per heavy atom. The fourth-order valence-corrected chi connectivity index (χ4v) is 0.880. The zero-order valence-electron chi connectivity index (χ0n) is 7.51.